The van der Waals surface area contributed by atoms with E-state index in [1.54, 1.807) is 35.2 Å². The Kier molecular flexibility index (Phi) is 4.02. The van der Waals surface area contributed by atoms with Crippen molar-refractivity contribution in [2.24, 2.45) is 0 Å². The lowest BCUT2D eigenvalue weighted by molar-refractivity contribution is -0.148. The van der Waals surface area contributed by atoms with Crippen LogP contribution in [0.2, 0.25) is 0 Å². The van der Waals surface area contributed by atoms with Crippen molar-refractivity contribution in [3.05, 3.63) is 59.7 Å². The highest BCUT2D eigenvalue weighted by Crippen LogP contribution is 2.34. The molecule has 0 saturated carbocycles. The second-order valence-electron chi connectivity index (χ2n) is 5.38. The maximum Gasteiger partial charge on any atom is 0.348 e. The summed E-state index contributed by atoms with van der Waals surface area (Å²) in [5.74, 6) is -0.175. The number of rotatable bonds is 2. The molecule has 1 atom stereocenters. The van der Waals surface area contributed by atoms with Crippen LogP contribution < -0.4 is 9.64 Å². The van der Waals surface area contributed by atoms with Crippen LogP contribution >= 0.6 is 0 Å². The van der Waals surface area contributed by atoms with Gasteiger partial charge in [0.2, 0.25) is 6.10 Å². The van der Waals surface area contributed by atoms with E-state index >= 15 is 0 Å². The van der Waals surface area contributed by atoms with E-state index in [2.05, 4.69) is 0 Å². The van der Waals surface area contributed by atoms with Gasteiger partial charge in [-0.05, 0) is 31.2 Å². The molecule has 1 aliphatic rings. The summed E-state index contributed by atoms with van der Waals surface area (Å²) in [4.78, 5) is 26.2. The summed E-state index contributed by atoms with van der Waals surface area (Å²) >= 11 is 0. The first-order valence-electron chi connectivity index (χ1n) is 7.32. The number of ether oxygens (including phenoxy) is 2. The Balaban J connectivity index is 1.97. The van der Waals surface area contributed by atoms with Crippen molar-refractivity contribution >= 4 is 17.6 Å². The fraction of sp³-hybridized carbons (Fsp3) is 0.222. The Morgan fingerprint density at radius 2 is 1.83 bits per heavy atom. The average molecular weight is 311 g/mol. The number of hydrogen-bond donors (Lipinski definition) is 0. The minimum atomic E-state index is -0.829. The lowest BCUT2D eigenvalue weighted by atomic mass is 10.1. The lowest BCUT2D eigenvalue weighted by Crippen LogP contribution is -2.47. The minimum Gasteiger partial charge on any atom is -0.475 e. The molecule has 118 valence electrons. The summed E-state index contributed by atoms with van der Waals surface area (Å²) in [6.45, 7) is 2.09. The van der Waals surface area contributed by atoms with E-state index in [9.17, 15) is 9.59 Å². The second kappa shape index (κ2) is 6.12. The average Bonchev–Trinajstić information content (AvgIpc) is 2.60. The predicted octanol–water partition coefficient (Wildman–Crippen LogP) is 2.58. The number of nitrogens with zero attached hydrogens (tertiary/aromatic N) is 1. The molecule has 23 heavy (non-hydrogen) atoms. The van der Waals surface area contributed by atoms with Gasteiger partial charge >= 0.3 is 5.97 Å². The van der Waals surface area contributed by atoms with E-state index in [0.717, 1.165) is 5.56 Å². The molecule has 2 aromatic carbocycles. The zero-order valence-corrected chi connectivity index (χ0v) is 13.0. The maximum absolute atomic E-state index is 12.8. The molecule has 5 heteroatoms. The third-order valence-electron chi connectivity index (χ3n) is 3.78. The van der Waals surface area contributed by atoms with Crippen LogP contribution in [0.4, 0.5) is 5.69 Å². The Morgan fingerprint density at radius 1 is 1.13 bits per heavy atom. The molecule has 0 fully saturated rings. The molecule has 0 N–H and O–H groups in total. The van der Waals surface area contributed by atoms with Crippen LogP contribution in [0.3, 0.4) is 0 Å². The standard InChI is InChI=1S/C18H17NO4/c1-12-7-9-13(10-8-12)17(20)19-11-16(18(21)22-2)23-15-6-4-3-5-14(15)19/h3-10,16H,11H2,1-2H3/t16-/m1/s1. The molecule has 0 spiro atoms. The summed E-state index contributed by atoms with van der Waals surface area (Å²) < 4.78 is 10.4. The van der Waals surface area contributed by atoms with Gasteiger partial charge in [0.05, 0.1) is 19.3 Å². The summed E-state index contributed by atoms with van der Waals surface area (Å²) in [7, 11) is 1.30. The van der Waals surface area contributed by atoms with Gasteiger partial charge in [-0.15, -0.1) is 0 Å². The van der Waals surface area contributed by atoms with Gasteiger partial charge < -0.3 is 14.4 Å². The number of benzene rings is 2. The maximum atomic E-state index is 12.8. The zero-order valence-electron chi connectivity index (χ0n) is 13.0. The number of amides is 1. The van der Waals surface area contributed by atoms with Crippen molar-refractivity contribution in [3.8, 4) is 5.75 Å². The van der Waals surface area contributed by atoms with E-state index in [1.807, 2.05) is 25.1 Å². The molecule has 0 radical (unpaired) electrons. The van der Waals surface area contributed by atoms with Crippen LogP contribution in [-0.4, -0.2) is 31.6 Å². The van der Waals surface area contributed by atoms with Crippen LogP contribution in [0.15, 0.2) is 48.5 Å². The molecule has 1 amide bonds. The SMILES string of the molecule is COC(=O)[C@H]1CN(C(=O)c2ccc(C)cc2)c2ccccc2O1. The number of carbonyl (C=O) groups excluding carboxylic acids is 2. The molecule has 1 heterocycles. The largest absolute Gasteiger partial charge is 0.475 e. The number of carbonyl (C=O) groups is 2. The van der Waals surface area contributed by atoms with Crippen LogP contribution in [-0.2, 0) is 9.53 Å². The van der Waals surface area contributed by atoms with Crippen molar-refractivity contribution in [2.45, 2.75) is 13.0 Å². The zero-order chi connectivity index (χ0) is 16.4. The summed E-state index contributed by atoms with van der Waals surface area (Å²) in [5.41, 5.74) is 2.30. The van der Waals surface area contributed by atoms with Gasteiger partial charge in [0.15, 0.2) is 0 Å². The number of anilines is 1. The summed E-state index contributed by atoms with van der Waals surface area (Å²) in [5, 5.41) is 0. The first-order valence-corrected chi connectivity index (χ1v) is 7.32. The molecule has 2 aromatic rings. The number of esters is 1. The van der Waals surface area contributed by atoms with Gasteiger partial charge in [-0.25, -0.2) is 4.79 Å². The van der Waals surface area contributed by atoms with Crippen LogP contribution in [0.25, 0.3) is 0 Å². The van der Waals surface area contributed by atoms with Crippen LogP contribution in [0.5, 0.6) is 5.75 Å². The topological polar surface area (TPSA) is 55.8 Å². The minimum absolute atomic E-state index is 0.121. The monoisotopic (exact) mass is 311 g/mol. The van der Waals surface area contributed by atoms with Gasteiger partial charge in [0.1, 0.15) is 5.75 Å². The first kappa shape index (κ1) is 15.1. The number of fused-ring (bicyclic) bond motifs is 1. The molecular formula is C18H17NO4. The highest BCUT2D eigenvalue weighted by Gasteiger charge is 2.34. The number of para-hydroxylation sites is 2. The molecule has 0 unspecified atom stereocenters. The smallest absolute Gasteiger partial charge is 0.348 e. The fourth-order valence-electron chi connectivity index (χ4n) is 2.53. The van der Waals surface area contributed by atoms with Gasteiger partial charge in [-0.2, -0.15) is 0 Å². The van der Waals surface area contributed by atoms with E-state index in [1.165, 1.54) is 7.11 Å². The fourth-order valence-corrected chi connectivity index (χ4v) is 2.53. The summed E-state index contributed by atoms with van der Waals surface area (Å²) in [6, 6.07) is 14.5. The lowest BCUT2D eigenvalue weighted by Gasteiger charge is -2.33. The van der Waals surface area contributed by atoms with Crippen molar-refractivity contribution in [2.75, 3.05) is 18.6 Å². The van der Waals surface area contributed by atoms with Gasteiger partial charge in [-0.3, -0.25) is 4.79 Å². The van der Waals surface area contributed by atoms with Crippen molar-refractivity contribution in [1.82, 2.24) is 0 Å². The van der Waals surface area contributed by atoms with Gasteiger partial charge in [-0.1, -0.05) is 29.8 Å². The highest BCUT2D eigenvalue weighted by molar-refractivity contribution is 6.07. The number of hydrogen-bond acceptors (Lipinski definition) is 4. The molecular weight excluding hydrogens is 294 g/mol. The quantitative estimate of drug-likeness (QED) is 0.800. The predicted molar refractivity (Wildman–Crippen MR) is 85.7 cm³/mol. The van der Waals surface area contributed by atoms with Gasteiger partial charge in [0.25, 0.3) is 5.91 Å². The first-order chi connectivity index (χ1) is 11.1. The van der Waals surface area contributed by atoms with Crippen LogP contribution in [0.1, 0.15) is 15.9 Å². The van der Waals surface area contributed by atoms with Crippen molar-refractivity contribution in [3.63, 3.8) is 0 Å². The normalized spacial score (nSPS) is 16.3. The van der Waals surface area contributed by atoms with Crippen molar-refractivity contribution in [1.29, 1.82) is 0 Å². The van der Waals surface area contributed by atoms with E-state index in [4.69, 9.17) is 9.47 Å². The molecule has 1 aliphatic heterocycles. The number of aryl methyl sites for hydroxylation is 1. The Morgan fingerprint density at radius 3 is 2.52 bits per heavy atom. The third kappa shape index (κ3) is 2.90. The van der Waals surface area contributed by atoms with E-state index in [-0.39, 0.29) is 12.5 Å². The Labute approximate surface area is 134 Å². The molecule has 0 aliphatic carbocycles. The Hall–Kier alpha value is -2.82. The molecule has 0 saturated heterocycles. The highest BCUT2D eigenvalue weighted by atomic mass is 16.6. The summed E-state index contributed by atoms with van der Waals surface area (Å²) in [6.07, 6.45) is -0.829. The molecule has 0 aromatic heterocycles. The molecule has 5 nitrogen and oxygen atoms in total. The van der Waals surface area contributed by atoms with Crippen LogP contribution in [0, 0.1) is 6.92 Å². The van der Waals surface area contributed by atoms with E-state index < -0.39 is 12.1 Å². The van der Waals surface area contributed by atoms with E-state index in [0.29, 0.717) is 17.0 Å². The van der Waals surface area contributed by atoms with Crippen molar-refractivity contribution < 1.29 is 19.1 Å². The second-order valence-corrected chi connectivity index (χ2v) is 5.38. The third-order valence-corrected chi connectivity index (χ3v) is 3.78. The molecule has 0 bridgehead atoms. The number of methoxy groups -OCH3 is 1. The molecule has 3 rings (SSSR count). The van der Waals surface area contributed by atoms with Gasteiger partial charge in [0, 0.05) is 5.56 Å². The Bertz CT molecular complexity index is 739.